The molecule has 1 aromatic rings. The minimum Gasteiger partial charge on any atom is -0.507 e. The monoisotopic (exact) mass is 275 g/mol. The van der Waals surface area contributed by atoms with Crippen LogP contribution in [0.3, 0.4) is 0 Å². The number of rotatable bonds is 3. The van der Waals surface area contributed by atoms with E-state index in [1.54, 1.807) is 0 Å². The zero-order valence-corrected chi connectivity index (χ0v) is 10.3. The Morgan fingerprint density at radius 2 is 2.05 bits per heavy atom. The molecule has 2 N–H and O–H groups in total. The zero-order valence-electron chi connectivity index (χ0n) is 10.3. The van der Waals surface area contributed by atoms with Gasteiger partial charge in [-0.2, -0.15) is 13.2 Å². The van der Waals surface area contributed by atoms with Crippen LogP contribution in [0.1, 0.15) is 24.8 Å². The number of halogens is 3. The van der Waals surface area contributed by atoms with Crippen LogP contribution in [-0.4, -0.2) is 29.4 Å². The van der Waals surface area contributed by atoms with Crippen LogP contribution < -0.4 is 4.90 Å². The smallest absolute Gasteiger partial charge is 0.419 e. The van der Waals surface area contributed by atoms with Crippen LogP contribution in [-0.2, 0) is 6.18 Å². The summed E-state index contributed by atoms with van der Waals surface area (Å²) in [6.45, 7) is 0.781. The van der Waals surface area contributed by atoms with Gasteiger partial charge in [-0.15, -0.1) is 0 Å². The van der Waals surface area contributed by atoms with E-state index in [0.717, 1.165) is 31.5 Å². The molecule has 0 spiro atoms. The highest BCUT2D eigenvalue weighted by Crippen LogP contribution is 2.38. The Morgan fingerprint density at radius 1 is 1.32 bits per heavy atom. The number of benzene rings is 1. The molecule has 1 fully saturated rings. The number of hydrogen-bond acceptors (Lipinski definition) is 3. The van der Waals surface area contributed by atoms with E-state index >= 15 is 0 Å². The van der Waals surface area contributed by atoms with Gasteiger partial charge < -0.3 is 15.1 Å². The summed E-state index contributed by atoms with van der Waals surface area (Å²) in [6.07, 6.45) is -2.12. The Hall–Kier alpha value is -1.43. The van der Waals surface area contributed by atoms with Gasteiger partial charge in [0.25, 0.3) is 0 Å². The molecule has 0 amide bonds. The molecule has 19 heavy (non-hydrogen) atoms. The third-order valence-electron chi connectivity index (χ3n) is 3.46. The van der Waals surface area contributed by atoms with Crippen molar-refractivity contribution < 1.29 is 23.4 Å². The maximum atomic E-state index is 12.5. The number of anilines is 1. The largest absolute Gasteiger partial charge is 0.507 e. The number of aromatic hydroxyl groups is 1. The second-order valence-corrected chi connectivity index (χ2v) is 4.70. The molecule has 1 heterocycles. The van der Waals surface area contributed by atoms with Crippen molar-refractivity contribution in [1.29, 1.82) is 0 Å². The summed E-state index contributed by atoms with van der Waals surface area (Å²) in [6, 6.07) is 3.55. The molecular formula is C13H16F3NO2. The van der Waals surface area contributed by atoms with Crippen LogP contribution in [0.2, 0.25) is 0 Å². The first-order valence-corrected chi connectivity index (χ1v) is 6.21. The topological polar surface area (TPSA) is 43.7 Å². The minimum absolute atomic E-state index is 0.0494. The Morgan fingerprint density at radius 3 is 2.63 bits per heavy atom. The van der Waals surface area contributed by atoms with E-state index in [1.807, 2.05) is 4.90 Å². The molecule has 1 aromatic carbocycles. The standard InChI is InChI=1S/C13H16F3NO2/c14-13(15,16)11-4-3-10(8-12(11)19)17-6-1-2-9(17)5-7-18/h3-4,8-9,18-19H,1-2,5-7H2. The van der Waals surface area contributed by atoms with Crippen molar-refractivity contribution >= 4 is 5.69 Å². The second kappa shape index (κ2) is 5.28. The lowest BCUT2D eigenvalue weighted by Crippen LogP contribution is -2.29. The molecule has 1 unspecified atom stereocenters. The number of hydrogen-bond donors (Lipinski definition) is 2. The molecule has 0 radical (unpaired) electrons. The molecule has 3 nitrogen and oxygen atoms in total. The molecule has 0 saturated carbocycles. The van der Waals surface area contributed by atoms with Crippen LogP contribution in [0, 0.1) is 0 Å². The molecule has 0 aliphatic carbocycles. The summed E-state index contributed by atoms with van der Waals surface area (Å²) >= 11 is 0. The Kier molecular flexibility index (Phi) is 3.89. The van der Waals surface area contributed by atoms with Gasteiger partial charge in [0.2, 0.25) is 0 Å². The van der Waals surface area contributed by atoms with Crippen molar-refractivity contribution in [2.45, 2.75) is 31.5 Å². The number of nitrogens with zero attached hydrogens (tertiary/aromatic N) is 1. The van der Waals surface area contributed by atoms with E-state index in [0.29, 0.717) is 12.1 Å². The molecule has 1 aliphatic rings. The van der Waals surface area contributed by atoms with Crippen LogP contribution in [0.15, 0.2) is 18.2 Å². The molecule has 6 heteroatoms. The lowest BCUT2D eigenvalue weighted by atomic mass is 10.1. The first-order valence-electron chi connectivity index (χ1n) is 6.21. The third-order valence-corrected chi connectivity index (χ3v) is 3.46. The van der Waals surface area contributed by atoms with Crippen molar-refractivity contribution in [2.75, 3.05) is 18.1 Å². The van der Waals surface area contributed by atoms with Gasteiger partial charge in [0.05, 0.1) is 5.56 Å². The first kappa shape index (κ1) is 14.0. The molecule has 106 valence electrons. The van der Waals surface area contributed by atoms with Crippen LogP contribution in [0.5, 0.6) is 5.75 Å². The van der Waals surface area contributed by atoms with E-state index in [2.05, 4.69) is 0 Å². The average molecular weight is 275 g/mol. The fourth-order valence-corrected chi connectivity index (χ4v) is 2.56. The second-order valence-electron chi connectivity index (χ2n) is 4.70. The molecule has 1 aliphatic heterocycles. The number of aliphatic hydroxyl groups excluding tert-OH is 1. The molecular weight excluding hydrogens is 259 g/mol. The maximum absolute atomic E-state index is 12.5. The minimum atomic E-state index is -4.54. The van der Waals surface area contributed by atoms with E-state index < -0.39 is 17.5 Å². The highest BCUT2D eigenvalue weighted by Gasteiger charge is 2.34. The summed E-state index contributed by atoms with van der Waals surface area (Å²) < 4.78 is 37.6. The van der Waals surface area contributed by atoms with Gasteiger partial charge in [-0.3, -0.25) is 0 Å². The molecule has 0 bridgehead atoms. The average Bonchev–Trinajstić information content (AvgIpc) is 2.76. The van der Waals surface area contributed by atoms with Crippen molar-refractivity contribution in [2.24, 2.45) is 0 Å². The predicted octanol–water partition coefficient (Wildman–Crippen LogP) is 2.76. The van der Waals surface area contributed by atoms with Crippen LogP contribution in [0.25, 0.3) is 0 Å². The van der Waals surface area contributed by atoms with Gasteiger partial charge >= 0.3 is 6.18 Å². The summed E-state index contributed by atoms with van der Waals surface area (Å²) in [5.41, 5.74) is -0.449. The van der Waals surface area contributed by atoms with Crippen molar-refractivity contribution in [3.63, 3.8) is 0 Å². The number of phenolic OH excluding ortho intramolecular Hbond substituents is 1. The summed E-state index contributed by atoms with van der Waals surface area (Å²) in [5, 5.41) is 18.5. The molecule has 1 atom stereocenters. The van der Waals surface area contributed by atoms with E-state index in [4.69, 9.17) is 5.11 Å². The normalized spacial score (nSPS) is 20.0. The van der Waals surface area contributed by atoms with E-state index in [-0.39, 0.29) is 12.6 Å². The number of alkyl halides is 3. The molecule has 0 aromatic heterocycles. The lowest BCUT2D eigenvalue weighted by molar-refractivity contribution is -0.138. The third kappa shape index (κ3) is 2.94. The van der Waals surface area contributed by atoms with Gasteiger partial charge in [-0.25, -0.2) is 0 Å². The summed E-state index contributed by atoms with van der Waals surface area (Å²) in [7, 11) is 0. The summed E-state index contributed by atoms with van der Waals surface area (Å²) in [5.74, 6) is -0.750. The predicted molar refractivity (Wildman–Crippen MR) is 65.2 cm³/mol. The lowest BCUT2D eigenvalue weighted by Gasteiger charge is -2.27. The number of aliphatic hydroxyl groups is 1. The van der Waals surface area contributed by atoms with Crippen LogP contribution in [0.4, 0.5) is 18.9 Å². The SMILES string of the molecule is OCCC1CCCN1c1ccc(C(F)(F)F)c(O)c1. The van der Waals surface area contributed by atoms with Crippen molar-refractivity contribution in [1.82, 2.24) is 0 Å². The fraction of sp³-hybridized carbons (Fsp3) is 0.538. The summed E-state index contributed by atoms with van der Waals surface area (Å²) in [4.78, 5) is 1.94. The Bertz CT molecular complexity index is 448. The zero-order chi connectivity index (χ0) is 14.0. The highest BCUT2D eigenvalue weighted by molar-refractivity contribution is 5.55. The number of phenols is 1. The van der Waals surface area contributed by atoms with Crippen LogP contribution >= 0.6 is 0 Å². The van der Waals surface area contributed by atoms with Gasteiger partial charge in [-0.1, -0.05) is 0 Å². The highest BCUT2D eigenvalue weighted by atomic mass is 19.4. The van der Waals surface area contributed by atoms with E-state index in [1.165, 1.54) is 6.07 Å². The quantitative estimate of drug-likeness (QED) is 0.891. The Labute approximate surface area is 109 Å². The van der Waals surface area contributed by atoms with Gasteiger partial charge in [-0.05, 0) is 31.4 Å². The molecule has 2 rings (SSSR count). The van der Waals surface area contributed by atoms with Crippen molar-refractivity contribution in [3.05, 3.63) is 23.8 Å². The van der Waals surface area contributed by atoms with Gasteiger partial charge in [0.1, 0.15) is 5.75 Å². The molecule has 1 saturated heterocycles. The van der Waals surface area contributed by atoms with E-state index in [9.17, 15) is 18.3 Å². The fourth-order valence-electron chi connectivity index (χ4n) is 2.56. The maximum Gasteiger partial charge on any atom is 0.419 e. The first-order chi connectivity index (χ1) is 8.93. The van der Waals surface area contributed by atoms with Crippen molar-refractivity contribution in [3.8, 4) is 5.75 Å². The van der Waals surface area contributed by atoms with Gasteiger partial charge in [0.15, 0.2) is 0 Å². The van der Waals surface area contributed by atoms with Gasteiger partial charge in [0, 0.05) is 30.9 Å². The Balaban J connectivity index is 2.24.